The monoisotopic (exact) mass is 1140 g/mol. The quantitative estimate of drug-likeness (QED) is 0.0243. The summed E-state index contributed by atoms with van der Waals surface area (Å²) in [6, 6.07) is 17.4. The van der Waals surface area contributed by atoms with Crippen molar-refractivity contribution in [3.8, 4) is 0 Å². The van der Waals surface area contributed by atoms with Gasteiger partial charge in [-0.1, -0.05) is 239 Å². The van der Waals surface area contributed by atoms with Crippen LogP contribution in [0.4, 0.5) is 0 Å². The lowest BCUT2D eigenvalue weighted by molar-refractivity contribution is 0.151. The number of rotatable bonds is 47. The van der Waals surface area contributed by atoms with Crippen molar-refractivity contribution < 1.29 is 9.47 Å². The molecule has 14 heteroatoms. The molecule has 2 heterocycles. The van der Waals surface area contributed by atoms with E-state index < -0.39 is 17.6 Å². The Morgan fingerprint density at radius 3 is 0.971 bits per heavy atom. The molecule has 0 fully saturated rings. The number of ether oxygens (including phenoxy) is 2. The van der Waals surface area contributed by atoms with Crippen molar-refractivity contribution in [1.82, 2.24) is 9.97 Å². The average Bonchev–Trinajstić information content (AvgIpc) is 4.00. The number of methoxy groups -OCH3 is 2. The third-order valence-corrected chi connectivity index (χ3v) is 31.9. The van der Waals surface area contributed by atoms with Crippen LogP contribution in [0.25, 0.3) is 20.4 Å². The molecule has 0 radical (unpaired) electrons. The molecule has 398 valence electrons. The van der Waals surface area contributed by atoms with Crippen LogP contribution in [0.1, 0.15) is 214 Å². The number of fused-ring (bicyclic) bond motifs is 2. The largest absolute Gasteiger partial charge is 0.385 e. The fourth-order valence-electron chi connectivity index (χ4n) is 9.78. The molecule has 70 heavy (non-hydrogen) atoms. The Bertz CT molecular complexity index is 1640. The topological polar surface area (TPSA) is 44.2 Å². The predicted molar refractivity (Wildman–Crippen MR) is 338 cm³/mol. The first kappa shape index (κ1) is 63.2. The third kappa shape index (κ3) is 28.2. The van der Waals surface area contributed by atoms with Gasteiger partial charge in [-0.05, 0) is 89.3 Å². The Hall–Kier alpha value is 0.674. The summed E-state index contributed by atoms with van der Waals surface area (Å²) < 4.78 is 14.1. The van der Waals surface area contributed by atoms with Gasteiger partial charge in [0, 0.05) is 49.0 Å². The molecule has 4 rings (SSSR count). The highest BCUT2D eigenvalue weighted by Crippen LogP contribution is 2.54. The van der Waals surface area contributed by atoms with Gasteiger partial charge >= 0.3 is 0 Å². The number of hydrogen-bond acceptors (Lipinski definition) is 12. The van der Waals surface area contributed by atoms with Gasteiger partial charge in [0.15, 0.2) is 0 Å². The summed E-state index contributed by atoms with van der Waals surface area (Å²) in [5, 5.41) is 2.69. The number of unbranched alkanes of at least 4 members (excludes halogenated alkanes) is 24. The van der Waals surface area contributed by atoms with Crippen molar-refractivity contribution >= 4 is 122 Å². The SMILES string of the molecule is COC(CCCCCCCCCCCCCCCC(CSSSSSSCC(CCCCCCCCCCCCCCCC(OC)[SiH](C)C)c1nc2ccccc2s1)c1nc2ccccc2s1)[SiH](C)C. The molecule has 0 aliphatic carbocycles. The number of benzene rings is 2. The van der Waals surface area contributed by atoms with Crippen LogP contribution < -0.4 is 0 Å². The highest BCUT2D eigenvalue weighted by molar-refractivity contribution is 9.41. The van der Waals surface area contributed by atoms with E-state index in [0.29, 0.717) is 23.3 Å². The zero-order valence-electron chi connectivity index (χ0n) is 44.7. The maximum atomic E-state index is 5.70. The minimum Gasteiger partial charge on any atom is -0.385 e. The van der Waals surface area contributed by atoms with Gasteiger partial charge in [-0.25, -0.2) is 9.97 Å². The van der Waals surface area contributed by atoms with Gasteiger partial charge in [-0.2, -0.15) is 0 Å². The first-order chi connectivity index (χ1) is 34.4. The van der Waals surface area contributed by atoms with E-state index in [1.54, 1.807) is 0 Å². The van der Waals surface area contributed by atoms with Crippen molar-refractivity contribution in [2.45, 2.75) is 242 Å². The van der Waals surface area contributed by atoms with Gasteiger partial charge in [0.05, 0.1) is 48.0 Å². The molecule has 2 aromatic carbocycles. The minimum absolute atomic E-state index is 0.538. The molecule has 4 nitrogen and oxygen atoms in total. The Balaban J connectivity index is 1.04. The molecule has 0 saturated heterocycles. The molecule has 4 atom stereocenters. The smallest absolute Gasteiger partial charge is 0.0978 e. The van der Waals surface area contributed by atoms with E-state index in [9.17, 15) is 0 Å². The number of aromatic nitrogens is 2. The van der Waals surface area contributed by atoms with Crippen LogP contribution in [0, 0.1) is 0 Å². The predicted octanol–water partition coefficient (Wildman–Crippen LogP) is 21.5. The van der Waals surface area contributed by atoms with Crippen LogP contribution >= 0.6 is 83.6 Å². The summed E-state index contributed by atoms with van der Waals surface area (Å²) in [6.45, 7) is 9.66. The summed E-state index contributed by atoms with van der Waals surface area (Å²) in [6.07, 6.45) is 41.4. The van der Waals surface area contributed by atoms with Gasteiger partial charge < -0.3 is 9.47 Å². The summed E-state index contributed by atoms with van der Waals surface area (Å²) in [4.78, 5) is 10.3. The molecule has 4 unspecified atom stereocenters. The minimum atomic E-state index is -0.662. The summed E-state index contributed by atoms with van der Waals surface area (Å²) in [5.74, 6) is 3.35. The Morgan fingerprint density at radius 1 is 0.400 bits per heavy atom. The number of para-hydroxylation sites is 2. The standard InChI is InChI=1S/C56H96N2O2S8Si2/c1-59-53(69(3)4)43-31-27-23-19-15-11-7-9-13-17-21-25-29-37-47(55-57-49-39-33-35-41-51(49)63-55)45-61-65-67-68-66-62-46-48(56-58-50-40-34-36-42-52(50)64-56)38-30-26-22-18-14-10-8-12-16-20-24-28-32-44-54(60-2)70(5)6/h33-36,39-42,47-48,53-54,69-70H,7-32,37-38,43-46H2,1-6H3. The molecular weight excluding hydrogens is 1050 g/mol. The molecule has 0 spiro atoms. The van der Waals surface area contributed by atoms with E-state index in [-0.39, 0.29) is 0 Å². The first-order valence-electron chi connectivity index (χ1n) is 28.1. The fourth-order valence-corrected chi connectivity index (χ4v) is 27.1. The lowest BCUT2D eigenvalue weighted by atomic mass is 10.0. The Labute approximate surface area is 463 Å². The first-order valence-corrected chi connectivity index (χ1v) is 43.5. The van der Waals surface area contributed by atoms with Crippen LogP contribution in [0.15, 0.2) is 48.5 Å². The van der Waals surface area contributed by atoms with E-state index >= 15 is 0 Å². The lowest BCUT2D eigenvalue weighted by Crippen LogP contribution is -2.26. The lowest BCUT2D eigenvalue weighted by Gasteiger charge is -2.17. The van der Waals surface area contributed by atoms with Crippen molar-refractivity contribution in [3.63, 3.8) is 0 Å². The van der Waals surface area contributed by atoms with E-state index in [2.05, 4.69) is 74.7 Å². The third-order valence-electron chi connectivity index (χ3n) is 14.2. The second-order valence-electron chi connectivity index (χ2n) is 20.7. The van der Waals surface area contributed by atoms with Gasteiger partial charge in [0.1, 0.15) is 0 Å². The van der Waals surface area contributed by atoms with E-state index in [1.165, 1.54) is 223 Å². The maximum absolute atomic E-state index is 5.70. The van der Waals surface area contributed by atoms with Crippen LogP contribution in [-0.2, 0) is 9.47 Å². The maximum Gasteiger partial charge on any atom is 0.0978 e. The second-order valence-corrected chi connectivity index (χ2v) is 38.9. The van der Waals surface area contributed by atoms with Crippen molar-refractivity contribution in [1.29, 1.82) is 0 Å². The molecule has 0 saturated carbocycles. The van der Waals surface area contributed by atoms with Crippen molar-refractivity contribution in [2.75, 3.05) is 25.7 Å². The van der Waals surface area contributed by atoms with Crippen LogP contribution in [-0.4, -0.2) is 64.7 Å². The normalized spacial score (nSPS) is 13.9. The zero-order chi connectivity index (χ0) is 49.7. The number of thiazole rings is 2. The Kier molecular flexibility index (Phi) is 37.7. The Morgan fingerprint density at radius 2 is 0.686 bits per heavy atom. The molecule has 4 aromatic rings. The highest BCUT2D eigenvalue weighted by Gasteiger charge is 2.19. The van der Waals surface area contributed by atoms with E-state index in [1.807, 2.05) is 97.8 Å². The second kappa shape index (κ2) is 41.8. The number of hydrogen-bond donors (Lipinski definition) is 0. The van der Waals surface area contributed by atoms with Gasteiger partial charge in [0.2, 0.25) is 0 Å². The van der Waals surface area contributed by atoms with Crippen LogP contribution in [0.2, 0.25) is 26.2 Å². The van der Waals surface area contributed by atoms with Gasteiger partial charge in [0.25, 0.3) is 0 Å². The molecule has 0 N–H and O–H groups in total. The van der Waals surface area contributed by atoms with Crippen molar-refractivity contribution in [3.05, 3.63) is 58.5 Å². The highest BCUT2D eigenvalue weighted by atomic mass is 33.9. The van der Waals surface area contributed by atoms with Crippen LogP contribution in [0.5, 0.6) is 0 Å². The molecule has 2 aromatic heterocycles. The van der Waals surface area contributed by atoms with E-state index in [4.69, 9.17) is 19.4 Å². The fraction of sp³-hybridized carbons (Fsp3) is 0.750. The summed E-state index contributed by atoms with van der Waals surface area (Å²) >= 11 is 3.85. The molecule has 0 aliphatic heterocycles. The van der Waals surface area contributed by atoms with Crippen molar-refractivity contribution in [2.24, 2.45) is 0 Å². The van der Waals surface area contributed by atoms with Crippen LogP contribution in [0.3, 0.4) is 0 Å². The molecule has 0 amide bonds. The molecular formula is C56H96N2O2S8Si2. The molecule has 0 aliphatic rings. The van der Waals surface area contributed by atoms with Gasteiger partial charge in [-0.15, -0.1) is 22.7 Å². The molecule has 0 bridgehead atoms. The van der Waals surface area contributed by atoms with E-state index in [0.717, 1.165) is 11.5 Å². The summed E-state index contributed by atoms with van der Waals surface area (Å²) in [5.41, 5.74) is 3.50. The number of nitrogens with zero attached hydrogens (tertiary/aromatic N) is 2. The summed E-state index contributed by atoms with van der Waals surface area (Å²) in [7, 11) is 14.4. The average molecular weight is 1140 g/mol. The van der Waals surface area contributed by atoms with Gasteiger partial charge in [-0.3, -0.25) is 0 Å². The zero-order valence-corrected chi connectivity index (χ0v) is 53.5.